The number of nitrogens with one attached hydrogen (secondary N) is 2. The van der Waals surface area contributed by atoms with Crippen molar-refractivity contribution in [3.63, 3.8) is 0 Å². The first-order valence-corrected chi connectivity index (χ1v) is 9.43. The summed E-state index contributed by atoms with van der Waals surface area (Å²) in [6, 6.07) is 6.93. The van der Waals surface area contributed by atoms with Crippen LogP contribution in [0, 0.1) is 0 Å². The molecule has 0 saturated carbocycles. The van der Waals surface area contributed by atoms with Crippen LogP contribution in [0.3, 0.4) is 0 Å². The summed E-state index contributed by atoms with van der Waals surface area (Å²) in [6.45, 7) is 0.385. The van der Waals surface area contributed by atoms with Crippen LogP contribution in [0.4, 0.5) is 5.95 Å². The fraction of sp³-hybridized carbons (Fsp3) is 0.421. The van der Waals surface area contributed by atoms with Gasteiger partial charge in [-0.2, -0.15) is 4.98 Å². The van der Waals surface area contributed by atoms with E-state index in [4.69, 9.17) is 14.6 Å². The second-order valence-electron chi connectivity index (χ2n) is 6.68. The highest BCUT2D eigenvalue weighted by molar-refractivity contribution is 5.74. The molecular weight excluding hydrogens is 394 g/mol. The third kappa shape index (κ3) is 4.63. The molecule has 30 heavy (non-hydrogen) atoms. The Kier molecular flexibility index (Phi) is 6.75. The van der Waals surface area contributed by atoms with Gasteiger partial charge in [-0.25, -0.2) is 4.79 Å². The second kappa shape index (κ2) is 9.46. The van der Waals surface area contributed by atoms with Gasteiger partial charge in [-0.15, -0.1) is 0 Å². The number of fused-ring (bicyclic) bond motifs is 1. The predicted octanol–water partition coefficient (Wildman–Crippen LogP) is -0.334. The van der Waals surface area contributed by atoms with Gasteiger partial charge in [-0.3, -0.25) is 14.3 Å². The van der Waals surface area contributed by atoms with Gasteiger partial charge >= 0.3 is 5.69 Å². The molecule has 1 atom stereocenters. The monoisotopic (exact) mass is 419 g/mol. The number of nitrogens with zero attached hydrogens (tertiary/aromatic N) is 3. The van der Waals surface area contributed by atoms with E-state index in [9.17, 15) is 14.7 Å². The molecule has 3 rings (SSSR count). The average molecular weight is 419 g/mol. The van der Waals surface area contributed by atoms with Gasteiger partial charge in [0, 0.05) is 20.2 Å². The van der Waals surface area contributed by atoms with Crippen LogP contribution >= 0.6 is 0 Å². The Hall–Kier alpha value is -3.31. The maximum Gasteiger partial charge on any atom is 0.329 e. The molecule has 0 aliphatic rings. The highest BCUT2D eigenvalue weighted by atomic mass is 16.5. The van der Waals surface area contributed by atoms with E-state index in [1.165, 1.54) is 16.2 Å². The van der Waals surface area contributed by atoms with Crippen LogP contribution in [0.25, 0.3) is 11.2 Å². The smallest absolute Gasteiger partial charge is 0.329 e. The van der Waals surface area contributed by atoms with E-state index < -0.39 is 17.4 Å². The lowest BCUT2D eigenvalue weighted by Gasteiger charge is -2.16. The fourth-order valence-electron chi connectivity index (χ4n) is 2.95. The Labute approximate surface area is 171 Å². The Morgan fingerprint density at radius 1 is 1.23 bits per heavy atom. The first-order chi connectivity index (χ1) is 14.4. The van der Waals surface area contributed by atoms with Crippen molar-refractivity contribution in [1.29, 1.82) is 0 Å². The molecule has 0 aliphatic carbocycles. The Morgan fingerprint density at radius 2 is 1.93 bits per heavy atom. The van der Waals surface area contributed by atoms with Crippen molar-refractivity contribution in [2.45, 2.75) is 19.1 Å². The lowest BCUT2D eigenvalue weighted by molar-refractivity contribution is 0.0938. The number of hydrogen-bond donors (Lipinski definition) is 4. The molecule has 0 amide bonds. The quantitative estimate of drug-likeness (QED) is 0.327. The normalized spacial score (nSPS) is 12.1. The number of rotatable bonds is 10. The zero-order valence-corrected chi connectivity index (χ0v) is 16.8. The van der Waals surface area contributed by atoms with Crippen molar-refractivity contribution >= 4 is 17.1 Å². The van der Waals surface area contributed by atoms with Crippen LogP contribution in [0.5, 0.6) is 11.5 Å². The topological polar surface area (TPSA) is 144 Å². The van der Waals surface area contributed by atoms with Crippen LogP contribution in [0.1, 0.15) is 6.42 Å². The molecule has 0 aliphatic heterocycles. The van der Waals surface area contributed by atoms with Gasteiger partial charge in [0.2, 0.25) is 5.95 Å². The predicted molar refractivity (Wildman–Crippen MR) is 110 cm³/mol. The maximum absolute atomic E-state index is 12.4. The Balaban J connectivity index is 1.83. The Bertz CT molecular complexity index is 1100. The molecule has 11 nitrogen and oxygen atoms in total. The maximum atomic E-state index is 12.4. The third-order valence-corrected chi connectivity index (χ3v) is 4.52. The zero-order valence-electron chi connectivity index (χ0n) is 16.8. The first kappa shape index (κ1) is 21.4. The minimum absolute atomic E-state index is 0.00930. The van der Waals surface area contributed by atoms with Gasteiger partial charge < -0.3 is 29.6 Å². The number of aromatic nitrogens is 4. The second-order valence-corrected chi connectivity index (χ2v) is 6.68. The number of benzene rings is 1. The molecule has 2 heterocycles. The summed E-state index contributed by atoms with van der Waals surface area (Å²) in [6.07, 6.45) is -0.485. The summed E-state index contributed by atoms with van der Waals surface area (Å²) < 4.78 is 13.4. The van der Waals surface area contributed by atoms with E-state index in [-0.39, 0.29) is 30.9 Å². The summed E-state index contributed by atoms with van der Waals surface area (Å²) in [5.41, 5.74) is -0.827. The largest absolute Gasteiger partial charge is 0.497 e. The number of H-pyrrole nitrogens is 1. The van der Waals surface area contributed by atoms with Crippen LogP contribution < -0.4 is 26.0 Å². The first-order valence-electron chi connectivity index (χ1n) is 9.43. The van der Waals surface area contributed by atoms with E-state index in [1.807, 2.05) is 0 Å². The standard InChI is InChI=1S/C19H25N5O6/c1-23-16-15(17(27)22-19(23)28)24(18(21-16)20-8-3-9-25)10-12(26)11-30-14-6-4-13(29-2)5-7-14/h4-7,12,25-26H,3,8-11H2,1-2H3,(H,20,21)(H,22,27,28)/t12-/m0/s1. The van der Waals surface area contributed by atoms with Gasteiger partial charge in [0.15, 0.2) is 11.2 Å². The highest BCUT2D eigenvalue weighted by Crippen LogP contribution is 2.19. The van der Waals surface area contributed by atoms with Crippen LogP contribution in [-0.4, -0.2) is 62.3 Å². The van der Waals surface area contributed by atoms with Crippen molar-refractivity contribution in [2.75, 3.05) is 32.2 Å². The molecule has 0 radical (unpaired) electrons. The Morgan fingerprint density at radius 3 is 2.60 bits per heavy atom. The lowest BCUT2D eigenvalue weighted by atomic mass is 10.3. The van der Waals surface area contributed by atoms with Crippen molar-refractivity contribution in [2.24, 2.45) is 7.05 Å². The SMILES string of the molecule is COc1ccc(OC[C@@H](O)Cn2c(NCCCO)nc3c2c(=O)[nH]c(=O)n3C)cc1. The molecule has 3 aromatic rings. The number of methoxy groups -OCH3 is 1. The molecule has 0 spiro atoms. The van der Waals surface area contributed by atoms with Crippen molar-refractivity contribution in [1.82, 2.24) is 19.1 Å². The van der Waals surface area contributed by atoms with E-state index in [0.717, 1.165) is 0 Å². The molecule has 162 valence electrons. The van der Waals surface area contributed by atoms with Crippen molar-refractivity contribution in [3.8, 4) is 11.5 Å². The van der Waals surface area contributed by atoms with E-state index in [0.29, 0.717) is 30.4 Å². The summed E-state index contributed by atoms with van der Waals surface area (Å²) in [4.78, 5) is 30.9. The highest BCUT2D eigenvalue weighted by Gasteiger charge is 2.19. The fourth-order valence-corrected chi connectivity index (χ4v) is 2.95. The average Bonchev–Trinajstić information content (AvgIpc) is 3.10. The molecule has 11 heteroatoms. The summed E-state index contributed by atoms with van der Waals surface area (Å²) in [7, 11) is 3.07. The molecule has 2 aromatic heterocycles. The van der Waals surface area contributed by atoms with Crippen LogP contribution in [0.2, 0.25) is 0 Å². The number of aliphatic hydroxyl groups is 2. The van der Waals surface area contributed by atoms with Gasteiger partial charge in [0.05, 0.1) is 13.7 Å². The molecule has 0 bridgehead atoms. The van der Waals surface area contributed by atoms with Gasteiger partial charge in [-0.05, 0) is 30.7 Å². The minimum atomic E-state index is -0.959. The van der Waals surface area contributed by atoms with E-state index in [2.05, 4.69) is 15.3 Å². The van der Waals surface area contributed by atoms with Crippen molar-refractivity contribution < 1.29 is 19.7 Å². The lowest BCUT2D eigenvalue weighted by Crippen LogP contribution is -2.31. The number of anilines is 1. The summed E-state index contributed by atoms with van der Waals surface area (Å²) in [5, 5.41) is 22.5. The molecule has 0 saturated heterocycles. The number of aromatic amines is 1. The van der Waals surface area contributed by atoms with Gasteiger partial charge in [-0.1, -0.05) is 0 Å². The number of aryl methyl sites for hydroxylation is 1. The summed E-state index contributed by atoms with van der Waals surface area (Å²) >= 11 is 0. The number of ether oxygens (including phenoxy) is 2. The molecule has 4 N–H and O–H groups in total. The minimum Gasteiger partial charge on any atom is -0.497 e. The third-order valence-electron chi connectivity index (χ3n) is 4.52. The summed E-state index contributed by atoms with van der Waals surface area (Å²) in [5.74, 6) is 1.57. The molecular formula is C19H25N5O6. The van der Waals surface area contributed by atoms with E-state index in [1.54, 1.807) is 31.4 Å². The number of hydrogen-bond acceptors (Lipinski definition) is 8. The number of aliphatic hydroxyl groups excluding tert-OH is 2. The van der Waals surface area contributed by atoms with Crippen molar-refractivity contribution in [3.05, 3.63) is 45.1 Å². The van der Waals surface area contributed by atoms with E-state index >= 15 is 0 Å². The molecule has 0 unspecified atom stereocenters. The van der Waals surface area contributed by atoms with Gasteiger partial charge in [0.1, 0.15) is 24.2 Å². The van der Waals surface area contributed by atoms with Crippen LogP contribution in [0.15, 0.2) is 33.9 Å². The van der Waals surface area contributed by atoms with Crippen LogP contribution in [-0.2, 0) is 13.6 Å². The molecule has 1 aromatic carbocycles. The number of imidazole rings is 1. The van der Waals surface area contributed by atoms with Gasteiger partial charge in [0.25, 0.3) is 5.56 Å². The molecule has 0 fully saturated rings. The zero-order chi connectivity index (χ0) is 21.7.